The Morgan fingerprint density at radius 1 is 1.12 bits per heavy atom. The molecule has 90 valence electrons. The van der Waals surface area contributed by atoms with Gasteiger partial charge in [0.2, 0.25) is 0 Å². The fourth-order valence-corrected chi connectivity index (χ4v) is 3.79. The summed E-state index contributed by atoms with van der Waals surface area (Å²) in [6.45, 7) is 0. The van der Waals surface area contributed by atoms with Gasteiger partial charge in [0.15, 0.2) is 0 Å². The zero-order chi connectivity index (χ0) is 11.7. The molecule has 1 aromatic rings. The molecule has 0 aromatic heterocycles. The Kier molecular flexibility index (Phi) is 2.65. The van der Waals surface area contributed by atoms with Crippen LogP contribution in [0.25, 0.3) is 0 Å². The van der Waals surface area contributed by atoms with Crippen LogP contribution in [0.3, 0.4) is 0 Å². The Bertz CT molecular complexity index is 420. The molecule has 1 aromatic carbocycles. The van der Waals surface area contributed by atoms with Crippen LogP contribution in [0.1, 0.15) is 44.1 Å². The highest BCUT2D eigenvalue weighted by molar-refractivity contribution is 6.00. The van der Waals surface area contributed by atoms with Crippen molar-refractivity contribution in [3.63, 3.8) is 0 Å². The molecule has 0 radical (unpaired) electrons. The predicted octanol–water partition coefficient (Wildman–Crippen LogP) is 3.74. The third-order valence-corrected chi connectivity index (χ3v) is 4.73. The van der Waals surface area contributed by atoms with Crippen LogP contribution < -0.4 is 0 Å². The molecule has 1 unspecified atom stereocenters. The van der Waals surface area contributed by atoms with Crippen molar-refractivity contribution in [3.8, 4) is 0 Å². The minimum atomic E-state index is 0.0620. The number of nitrogens with zero attached hydrogens (tertiary/aromatic N) is 1. The third-order valence-electron chi connectivity index (χ3n) is 4.73. The Hall–Kier alpha value is -1.31. The molecule has 2 nitrogen and oxygen atoms in total. The average Bonchev–Trinajstić information content (AvgIpc) is 2.84. The summed E-state index contributed by atoms with van der Waals surface area (Å²) in [4.78, 5) is 0. The number of benzene rings is 1. The van der Waals surface area contributed by atoms with E-state index < -0.39 is 0 Å². The molecular formula is C15H19NO. The largest absolute Gasteiger partial charge is 0.411 e. The van der Waals surface area contributed by atoms with E-state index in [-0.39, 0.29) is 5.41 Å². The second-order valence-electron chi connectivity index (χ2n) is 5.37. The van der Waals surface area contributed by atoms with Crippen LogP contribution in [0.5, 0.6) is 0 Å². The van der Waals surface area contributed by atoms with Crippen LogP contribution in [0.15, 0.2) is 35.5 Å². The van der Waals surface area contributed by atoms with Gasteiger partial charge in [0.1, 0.15) is 0 Å². The first-order chi connectivity index (χ1) is 8.38. The lowest BCUT2D eigenvalue weighted by atomic mass is 9.55. The van der Waals surface area contributed by atoms with Crippen LogP contribution in [0.4, 0.5) is 0 Å². The minimum absolute atomic E-state index is 0.0620. The zero-order valence-electron chi connectivity index (χ0n) is 10.1. The normalized spacial score (nSPS) is 31.6. The Morgan fingerprint density at radius 3 is 2.35 bits per heavy atom. The van der Waals surface area contributed by atoms with Crippen LogP contribution in [0.2, 0.25) is 0 Å². The predicted molar refractivity (Wildman–Crippen MR) is 68.5 cm³/mol. The maximum atomic E-state index is 9.23. The van der Waals surface area contributed by atoms with E-state index in [1.54, 1.807) is 0 Å². The van der Waals surface area contributed by atoms with Crippen molar-refractivity contribution in [1.29, 1.82) is 0 Å². The molecule has 2 fully saturated rings. The standard InChI is InChI=1S/C15H19NO/c17-16-14-10-11-15(14,13-8-4-5-9-13)12-6-2-1-3-7-12/h1-3,6-7,13,17H,4-5,8-11H2. The first-order valence-corrected chi connectivity index (χ1v) is 6.65. The molecule has 0 bridgehead atoms. The van der Waals surface area contributed by atoms with Gasteiger partial charge in [-0.15, -0.1) is 0 Å². The smallest absolute Gasteiger partial charge is 0.0679 e. The minimum Gasteiger partial charge on any atom is -0.411 e. The van der Waals surface area contributed by atoms with E-state index in [1.165, 1.54) is 31.2 Å². The number of rotatable bonds is 2. The van der Waals surface area contributed by atoms with Crippen LogP contribution in [-0.4, -0.2) is 10.9 Å². The molecule has 3 rings (SSSR count). The van der Waals surface area contributed by atoms with Crippen LogP contribution in [-0.2, 0) is 5.41 Å². The Labute approximate surface area is 102 Å². The van der Waals surface area contributed by atoms with E-state index in [0.717, 1.165) is 18.6 Å². The fourth-order valence-electron chi connectivity index (χ4n) is 3.79. The van der Waals surface area contributed by atoms with E-state index in [0.29, 0.717) is 5.92 Å². The lowest BCUT2D eigenvalue weighted by Crippen LogP contribution is -2.50. The summed E-state index contributed by atoms with van der Waals surface area (Å²) in [7, 11) is 0. The highest BCUT2D eigenvalue weighted by Crippen LogP contribution is 2.52. The van der Waals surface area contributed by atoms with Crippen molar-refractivity contribution in [2.45, 2.75) is 43.9 Å². The summed E-state index contributed by atoms with van der Waals surface area (Å²) in [5.74, 6) is 0.685. The lowest BCUT2D eigenvalue weighted by molar-refractivity contribution is 0.259. The highest BCUT2D eigenvalue weighted by atomic mass is 16.4. The monoisotopic (exact) mass is 229 g/mol. The fraction of sp³-hybridized carbons (Fsp3) is 0.533. The third kappa shape index (κ3) is 1.50. The van der Waals surface area contributed by atoms with E-state index in [1.807, 2.05) is 0 Å². The van der Waals surface area contributed by atoms with E-state index in [9.17, 15) is 5.21 Å². The maximum Gasteiger partial charge on any atom is 0.0679 e. The van der Waals surface area contributed by atoms with Crippen molar-refractivity contribution >= 4 is 5.71 Å². The maximum absolute atomic E-state index is 9.23. The van der Waals surface area contributed by atoms with Gasteiger partial charge in [-0.25, -0.2) is 0 Å². The van der Waals surface area contributed by atoms with Crippen LogP contribution in [0, 0.1) is 5.92 Å². The van der Waals surface area contributed by atoms with Gasteiger partial charge in [0.05, 0.1) is 5.71 Å². The van der Waals surface area contributed by atoms with E-state index in [4.69, 9.17) is 0 Å². The molecule has 1 atom stereocenters. The molecule has 0 spiro atoms. The molecule has 0 saturated heterocycles. The van der Waals surface area contributed by atoms with Crippen molar-refractivity contribution < 1.29 is 5.21 Å². The molecule has 2 aliphatic carbocycles. The molecule has 2 heteroatoms. The van der Waals surface area contributed by atoms with Gasteiger partial charge in [-0.1, -0.05) is 48.3 Å². The summed E-state index contributed by atoms with van der Waals surface area (Å²) in [5.41, 5.74) is 2.42. The van der Waals surface area contributed by atoms with Crippen molar-refractivity contribution in [3.05, 3.63) is 35.9 Å². The zero-order valence-corrected chi connectivity index (χ0v) is 10.1. The molecule has 1 N–H and O–H groups in total. The average molecular weight is 229 g/mol. The molecule has 2 saturated carbocycles. The van der Waals surface area contributed by atoms with E-state index >= 15 is 0 Å². The summed E-state index contributed by atoms with van der Waals surface area (Å²) < 4.78 is 0. The summed E-state index contributed by atoms with van der Waals surface area (Å²) in [6, 6.07) is 10.6. The van der Waals surface area contributed by atoms with E-state index in [2.05, 4.69) is 35.5 Å². The molecule has 17 heavy (non-hydrogen) atoms. The quantitative estimate of drug-likeness (QED) is 0.608. The molecular weight excluding hydrogens is 210 g/mol. The second kappa shape index (κ2) is 4.17. The summed E-state index contributed by atoms with van der Waals surface area (Å²) in [5, 5.41) is 12.8. The van der Waals surface area contributed by atoms with Gasteiger partial charge in [-0.3, -0.25) is 0 Å². The van der Waals surface area contributed by atoms with Gasteiger partial charge in [-0.05, 0) is 37.2 Å². The Morgan fingerprint density at radius 2 is 1.82 bits per heavy atom. The molecule has 2 aliphatic rings. The Balaban J connectivity index is 2.03. The van der Waals surface area contributed by atoms with Gasteiger partial charge < -0.3 is 5.21 Å². The lowest BCUT2D eigenvalue weighted by Gasteiger charge is -2.47. The first-order valence-electron chi connectivity index (χ1n) is 6.65. The van der Waals surface area contributed by atoms with Gasteiger partial charge in [0, 0.05) is 5.41 Å². The SMILES string of the molecule is ON=C1CCC1(c1ccccc1)C1CCCC1. The van der Waals surface area contributed by atoms with Gasteiger partial charge in [0.25, 0.3) is 0 Å². The van der Waals surface area contributed by atoms with Crippen molar-refractivity contribution in [1.82, 2.24) is 0 Å². The number of hydrogen-bond donors (Lipinski definition) is 1. The van der Waals surface area contributed by atoms with Gasteiger partial charge in [-0.2, -0.15) is 0 Å². The van der Waals surface area contributed by atoms with Crippen LogP contribution >= 0.6 is 0 Å². The molecule has 0 aliphatic heterocycles. The van der Waals surface area contributed by atoms with Crippen molar-refractivity contribution in [2.75, 3.05) is 0 Å². The molecule has 0 heterocycles. The van der Waals surface area contributed by atoms with Crippen molar-refractivity contribution in [2.24, 2.45) is 11.1 Å². The highest BCUT2D eigenvalue weighted by Gasteiger charge is 2.51. The van der Waals surface area contributed by atoms with Gasteiger partial charge >= 0.3 is 0 Å². The summed E-state index contributed by atoms with van der Waals surface area (Å²) >= 11 is 0. The number of hydrogen-bond acceptors (Lipinski definition) is 2. The molecule has 0 amide bonds. The summed E-state index contributed by atoms with van der Waals surface area (Å²) in [6.07, 6.45) is 7.35. The topological polar surface area (TPSA) is 32.6 Å². The number of oxime groups is 1. The second-order valence-corrected chi connectivity index (χ2v) is 5.37. The first kappa shape index (κ1) is 10.8.